The predicted octanol–water partition coefficient (Wildman–Crippen LogP) is 4.70. The van der Waals surface area contributed by atoms with Crippen molar-refractivity contribution in [3.05, 3.63) is 88.7 Å². The number of nitrogens with zero attached hydrogens (tertiary/aromatic N) is 3. The number of ketones is 1. The van der Waals surface area contributed by atoms with Gasteiger partial charge in [-0.15, -0.1) is 0 Å². The van der Waals surface area contributed by atoms with Crippen molar-refractivity contribution in [3.8, 4) is 6.07 Å². The Morgan fingerprint density at radius 2 is 1.59 bits per heavy atom. The van der Waals surface area contributed by atoms with Crippen LogP contribution < -0.4 is 0 Å². The molecule has 0 radical (unpaired) electrons. The van der Waals surface area contributed by atoms with E-state index in [9.17, 15) is 10.1 Å². The fourth-order valence-electron chi connectivity index (χ4n) is 3.66. The second-order valence-electron chi connectivity index (χ2n) is 6.83. The number of aryl methyl sites for hydroxylation is 2. The van der Waals surface area contributed by atoms with Crippen LogP contribution in [-0.2, 0) is 7.05 Å². The molecule has 0 amide bonds. The van der Waals surface area contributed by atoms with E-state index in [1.54, 1.807) is 4.68 Å². The molecule has 0 aliphatic heterocycles. The van der Waals surface area contributed by atoms with Gasteiger partial charge in [0.1, 0.15) is 0 Å². The second kappa shape index (κ2) is 8.01. The molecule has 136 valence electrons. The quantitative estimate of drug-likeness (QED) is 0.601. The van der Waals surface area contributed by atoms with E-state index in [1.807, 2.05) is 81.6 Å². The summed E-state index contributed by atoms with van der Waals surface area (Å²) in [6.07, 6.45) is 0.268. The van der Waals surface area contributed by atoms with Crippen molar-refractivity contribution < 1.29 is 4.79 Å². The van der Waals surface area contributed by atoms with Crippen LogP contribution in [-0.4, -0.2) is 15.6 Å². The molecule has 0 aliphatic rings. The molecule has 0 saturated carbocycles. The molecule has 0 fully saturated rings. The minimum Gasteiger partial charge on any atom is -0.294 e. The lowest BCUT2D eigenvalue weighted by molar-refractivity contribution is 0.0970. The Morgan fingerprint density at radius 3 is 2.07 bits per heavy atom. The number of hydrogen-bond acceptors (Lipinski definition) is 3. The maximum atomic E-state index is 13.2. The molecular formula is C23H23N3O. The number of hydrogen-bond donors (Lipinski definition) is 0. The van der Waals surface area contributed by atoms with Gasteiger partial charge < -0.3 is 0 Å². The largest absolute Gasteiger partial charge is 0.294 e. The first kappa shape index (κ1) is 18.6. The van der Waals surface area contributed by atoms with Gasteiger partial charge in [-0.25, -0.2) is 0 Å². The number of carbonyl (C=O) groups excluding carboxylic acids is 1. The normalized spacial score (nSPS) is 13.0. The van der Waals surface area contributed by atoms with Gasteiger partial charge in [0, 0.05) is 25.1 Å². The van der Waals surface area contributed by atoms with Gasteiger partial charge in [0.15, 0.2) is 5.78 Å². The number of nitriles is 1. The van der Waals surface area contributed by atoms with Gasteiger partial charge >= 0.3 is 0 Å². The van der Waals surface area contributed by atoms with Gasteiger partial charge in [0.05, 0.1) is 23.2 Å². The summed E-state index contributed by atoms with van der Waals surface area (Å²) >= 11 is 0. The fraction of sp³-hybridized carbons (Fsp3) is 0.261. The molecule has 0 aliphatic carbocycles. The summed E-state index contributed by atoms with van der Waals surface area (Å²) in [6.45, 7) is 3.76. The molecule has 4 heteroatoms. The number of Topliss-reactive ketones (excluding diaryl/α,β-unsaturated/α-hetero) is 1. The Bertz CT molecular complexity index is 968. The zero-order chi connectivity index (χ0) is 19.4. The van der Waals surface area contributed by atoms with Crippen molar-refractivity contribution in [2.24, 2.45) is 7.05 Å². The van der Waals surface area contributed by atoms with Crippen LogP contribution in [0.4, 0.5) is 0 Å². The average molecular weight is 357 g/mol. The smallest absolute Gasteiger partial charge is 0.167 e. The summed E-state index contributed by atoms with van der Waals surface area (Å²) in [5, 5.41) is 14.3. The highest BCUT2D eigenvalue weighted by Gasteiger charge is 2.29. The SMILES string of the molecule is Cc1nn(C)c(C)c1C(=O)C[C@@H](c1ccccc1)[C@@H](C#N)c1ccccc1. The molecule has 3 rings (SSSR count). The molecule has 1 aromatic heterocycles. The van der Waals surface area contributed by atoms with Gasteiger partial charge in [-0.2, -0.15) is 10.4 Å². The molecular weight excluding hydrogens is 334 g/mol. The van der Waals surface area contributed by atoms with Gasteiger partial charge in [-0.3, -0.25) is 9.48 Å². The monoisotopic (exact) mass is 357 g/mol. The average Bonchev–Trinajstić information content (AvgIpc) is 2.95. The van der Waals surface area contributed by atoms with Crippen LogP contribution in [0.3, 0.4) is 0 Å². The van der Waals surface area contributed by atoms with Crippen LogP contribution in [0.1, 0.15) is 51.1 Å². The van der Waals surface area contributed by atoms with Gasteiger partial charge in [0.2, 0.25) is 0 Å². The second-order valence-corrected chi connectivity index (χ2v) is 6.83. The first-order chi connectivity index (χ1) is 13.0. The zero-order valence-electron chi connectivity index (χ0n) is 15.9. The Morgan fingerprint density at radius 1 is 1.04 bits per heavy atom. The van der Waals surface area contributed by atoms with Gasteiger partial charge in [-0.05, 0) is 25.0 Å². The summed E-state index contributed by atoms with van der Waals surface area (Å²) in [7, 11) is 1.84. The van der Waals surface area contributed by atoms with E-state index in [4.69, 9.17) is 0 Å². The lowest BCUT2D eigenvalue weighted by Crippen LogP contribution is -2.16. The summed E-state index contributed by atoms with van der Waals surface area (Å²) < 4.78 is 1.74. The molecule has 3 aromatic rings. The zero-order valence-corrected chi connectivity index (χ0v) is 15.9. The van der Waals surface area contributed by atoms with E-state index in [-0.39, 0.29) is 18.1 Å². The van der Waals surface area contributed by atoms with E-state index in [1.165, 1.54) is 0 Å². The van der Waals surface area contributed by atoms with Crippen molar-refractivity contribution in [2.45, 2.75) is 32.1 Å². The fourth-order valence-corrected chi connectivity index (χ4v) is 3.66. The van der Waals surface area contributed by atoms with Crippen LogP contribution in [0.25, 0.3) is 0 Å². The standard InChI is InChI=1S/C23H23N3O/c1-16-23(17(2)26(3)25-16)22(27)14-20(18-10-6-4-7-11-18)21(15-24)19-12-8-5-9-13-19/h4-13,20-21H,14H2,1-3H3/t20-,21-/m0/s1. The minimum absolute atomic E-state index is 0.0307. The molecule has 0 saturated heterocycles. The Balaban J connectivity index is 2.01. The lowest BCUT2D eigenvalue weighted by atomic mass is 9.78. The Labute approximate surface area is 160 Å². The van der Waals surface area contributed by atoms with Crippen LogP contribution in [0, 0.1) is 25.2 Å². The van der Waals surface area contributed by atoms with E-state index >= 15 is 0 Å². The molecule has 4 nitrogen and oxygen atoms in total. The maximum Gasteiger partial charge on any atom is 0.167 e. The highest BCUT2D eigenvalue weighted by Crippen LogP contribution is 2.36. The topological polar surface area (TPSA) is 58.7 Å². The van der Waals surface area contributed by atoms with Crippen LogP contribution in [0.2, 0.25) is 0 Å². The molecule has 0 unspecified atom stereocenters. The molecule has 0 N–H and O–H groups in total. The molecule has 2 aromatic carbocycles. The van der Waals surface area contributed by atoms with E-state index in [2.05, 4.69) is 11.2 Å². The van der Waals surface area contributed by atoms with Crippen molar-refractivity contribution in [2.75, 3.05) is 0 Å². The molecule has 0 bridgehead atoms. The van der Waals surface area contributed by atoms with Gasteiger partial charge in [-0.1, -0.05) is 60.7 Å². The number of carbonyl (C=O) groups is 1. The highest BCUT2D eigenvalue weighted by molar-refractivity contribution is 5.98. The first-order valence-corrected chi connectivity index (χ1v) is 9.05. The van der Waals surface area contributed by atoms with E-state index < -0.39 is 5.92 Å². The van der Waals surface area contributed by atoms with E-state index in [0.717, 1.165) is 22.5 Å². The number of benzene rings is 2. The number of rotatable bonds is 6. The predicted molar refractivity (Wildman–Crippen MR) is 106 cm³/mol. The van der Waals surface area contributed by atoms with Crippen molar-refractivity contribution >= 4 is 5.78 Å². The third-order valence-corrected chi connectivity index (χ3v) is 5.12. The van der Waals surface area contributed by atoms with Crippen molar-refractivity contribution in [1.29, 1.82) is 5.26 Å². The Kier molecular flexibility index (Phi) is 5.52. The molecule has 0 spiro atoms. The van der Waals surface area contributed by atoms with Crippen LogP contribution >= 0.6 is 0 Å². The molecule has 2 atom stereocenters. The lowest BCUT2D eigenvalue weighted by Gasteiger charge is -2.22. The summed E-state index contributed by atoms with van der Waals surface area (Å²) in [6, 6.07) is 22.0. The third-order valence-electron chi connectivity index (χ3n) is 5.12. The van der Waals surface area contributed by atoms with E-state index in [0.29, 0.717) is 5.56 Å². The summed E-state index contributed by atoms with van der Waals surface area (Å²) in [4.78, 5) is 13.2. The highest BCUT2D eigenvalue weighted by atomic mass is 16.1. The maximum absolute atomic E-state index is 13.2. The Hall–Kier alpha value is -3.19. The summed E-state index contributed by atoms with van der Waals surface area (Å²) in [5.74, 6) is -0.580. The van der Waals surface area contributed by atoms with Crippen molar-refractivity contribution in [1.82, 2.24) is 9.78 Å². The summed E-state index contributed by atoms with van der Waals surface area (Å²) in [5.41, 5.74) is 4.20. The van der Waals surface area contributed by atoms with Crippen LogP contribution in [0.15, 0.2) is 60.7 Å². The third kappa shape index (κ3) is 3.83. The minimum atomic E-state index is -0.394. The van der Waals surface area contributed by atoms with Gasteiger partial charge in [0.25, 0.3) is 0 Å². The van der Waals surface area contributed by atoms with Crippen molar-refractivity contribution in [3.63, 3.8) is 0 Å². The van der Waals surface area contributed by atoms with Crippen LogP contribution in [0.5, 0.6) is 0 Å². The molecule has 27 heavy (non-hydrogen) atoms. The first-order valence-electron chi connectivity index (χ1n) is 9.05. The molecule has 1 heterocycles. The number of aromatic nitrogens is 2.